The van der Waals surface area contributed by atoms with E-state index in [1.165, 1.54) is 6.07 Å². The topological polar surface area (TPSA) is 17.1 Å². The van der Waals surface area contributed by atoms with E-state index in [2.05, 4.69) is 0 Å². The van der Waals surface area contributed by atoms with Crippen LogP contribution in [0.1, 0.15) is 41.6 Å². The number of hydrogen-bond donors (Lipinski definition) is 0. The van der Waals surface area contributed by atoms with Crippen molar-refractivity contribution in [3.63, 3.8) is 0 Å². The number of benzene rings is 1. The fourth-order valence-corrected chi connectivity index (χ4v) is 1.98. The molecule has 1 aromatic rings. The largest absolute Gasteiger partial charge is 0.294 e. The normalized spacial score (nSPS) is 20.5. The summed E-state index contributed by atoms with van der Waals surface area (Å²) in [7, 11) is 0. The van der Waals surface area contributed by atoms with Crippen LogP contribution in [0.5, 0.6) is 0 Å². The Balaban J connectivity index is 2.58. The number of halogens is 1. The molecule has 0 radical (unpaired) electrons. The van der Waals surface area contributed by atoms with Crippen molar-refractivity contribution in [1.29, 1.82) is 0 Å². The van der Waals surface area contributed by atoms with Gasteiger partial charge in [0, 0.05) is 17.5 Å². The molecule has 0 spiro atoms. The molecule has 0 heterocycles. The number of rotatable bonds is 1. The summed E-state index contributed by atoms with van der Waals surface area (Å²) in [5, 5.41) is 0. The fourth-order valence-electron chi connectivity index (χ4n) is 1.98. The van der Waals surface area contributed by atoms with E-state index in [9.17, 15) is 9.18 Å². The maximum atomic E-state index is 13.3. The van der Waals surface area contributed by atoms with Gasteiger partial charge in [-0.15, -0.1) is 0 Å². The first-order chi connectivity index (χ1) is 6.24. The number of fused-ring (bicyclic) bond motifs is 1. The second-order valence-corrected chi connectivity index (χ2v) is 3.43. The van der Waals surface area contributed by atoms with Crippen molar-refractivity contribution in [2.45, 2.75) is 25.7 Å². The number of ketones is 1. The summed E-state index contributed by atoms with van der Waals surface area (Å²) in [4.78, 5) is 11.4. The molecule has 0 saturated carbocycles. The Hall–Kier alpha value is -1.18. The molecule has 0 amide bonds. The van der Waals surface area contributed by atoms with E-state index in [1.807, 2.05) is 6.92 Å². The van der Waals surface area contributed by atoms with Crippen LogP contribution in [0.25, 0.3) is 0 Å². The number of hydrogen-bond acceptors (Lipinski definition) is 1. The van der Waals surface area contributed by atoms with E-state index in [4.69, 9.17) is 0 Å². The second-order valence-electron chi connectivity index (χ2n) is 3.43. The number of carbonyl (C=O) groups excluding carboxylic acids is 1. The number of carbonyl (C=O) groups is 1. The summed E-state index contributed by atoms with van der Waals surface area (Å²) in [6.07, 6.45) is 1.31. The highest BCUT2D eigenvalue weighted by molar-refractivity contribution is 6.01. The number of Topliss-reactive ketones (excluding diaryl/α,β-unsaturated/α-hetero) is 1. The van der Waals surface area contributed by atoms with Gasteiger partial charge in [0.25, 0.3) is 0 Å². The van der Waals surface area contributed by atoms with Gasteiger partial charge in [0.15, 0.2) is 5.78 Å². The van der Waals surface area contributed by atoms with Crippen molar-refractivity contribution < 1.29 is 9.18 Å². The Morgan fingerprint density at radius 2 is 2.31 bits per heavy atom. The molecule has 1 aromatic carbocycles. The second kappa shape index (κ2) is 2.95. The third-order valence-corrected chi connectivity index (χ3v) is 2.69. The predicted octanol–water partition coefficient (Wildman–Crippen LogP) is 2.91. The van der Waals surface area contributed by atoms with Gasteiger partial charge in [-0.3, -0.25) is 4.79 Å². The minimum atomic E-state index is -0.227. The van der Waals surface area contributed by atoms with E-state index in [0.717, 1.165) is 6.42 Å². The van der Waals surface area contributed by atoms with Gasteiger partial charge in [-0.05, 0) is 18.4 Å². The average molecular weight is 178 g/mol. The van der Waals surface area contributed by atoms with Crippen LogP contribution >= 0.6 is 0 Å². The predicted molar refractivity (Wildman–Crippen MR) is 48.4 cm³/mol. The SMILES string of the molecule is CCC1CC(=O)c2cccc(F)c21. The molecular formula is C11H11FO. The molecule has 0 aromatic heterocycles. The Labute approximate surface area is 76.6 Å². The van der Waals surface area contributed by atoms with Gasteiger partial charge in [0.05, 0.1) is 0 Å². The molecule has 1 aliphatic carbocycles. The van der Waals surface area contributed by atoms with Crippen LogP contribution in [0.3, 0.4) is 0 Å². The molecule has 2 rings (SSSR count). The first-order valence-corrected chi connectivity index (χ1v) is 4.55. The van der Waals surface area contributed by atoms with Gasteiger partial charge < -0.3 is 0 Å². The summed E-state index contributed by atoms with van der Waals surface area (Å²) in [6, 6.07) is 4.75. The lowest BCUT2D eigenvalue weighted by molar-refractivity contribution is 0.0988. The average Bonchev–Trinajstić information content (AvgIpc) is 2.45. The molecule has 0 fully saturated rings. The summed E-state index contributed by atoms with van der Waals surface area (Å²) >= 11 is 0. The quantitative estimate of drug-likeness (QED) is 0.646. The lowest BCUT2D eigenvalue weighted by Gasteiger charge is -2.07. The van der Waals surface area contributed by atoms with Gasteiger partial charge in [0.1, 0.15) is 5.82 Å². The van der Waals surface area contributed by atoms with E-state index in [0.29, 0.717) is 17.5 Å². The molecule has 0 bridgehead atoms. The van der Waals surface area contributed by atoms with E-state index in [-0.39, 0.29) is 17.5 Å². The molecule has 1 aliphatic rings. The van der Waals surface area contributed by atoms with Crippen LogP contribution in [0.4, 0.5) is 4.39 Å². The summed E-state index contributed by atoms with van der Waals surface area (Å²) < 4.78 is 13.3. The van der Waals surface area contributed by atoms with Gasteiger partial charge in [-0.1, -0.05) is 19.1 Å². The first-order valence-electron chi connectivity index (χ1n) is 4.55. The van der Waals surface area contributed by atoms with Crippen molar-refractivity contribution in [2.24, 2.45) is 0 Å². The Kier molecular flexibility index (Phi) is 1.91. The Morgan fingerprint density at radius 3 is 3.00 bits per heavy atom. The molecule has 0 aliphatic heterocycles. The van der Waals surface area contributed by atoms with E-state index >= 15 is 0 Å². The highest BCUT2D eigenvalue weighted by atomic mass is 19.1. The molecule has 1 unspecified atom stereocenters. The van der Waals surface area contributed by atoms with Gasteiger partial charge in [-0.2, -0.15) is 0 Å². The molecule has 68 valence electrons. The standard InChI is InChI=1S/C11H11FO/c1-2-7-6-10(13)8-4-3-5-9(12)11(7)8/h3-5,7H,2,6H2,1H3. The zero-order valence-electron chi connectivity index (χ0n) is 7.51. The molecule has 0 N–H and O–H groups in total. The maximum Gasteiger partial charge on any atom is 0.163 e. The molecule has 0 saturated heterocycles. The van der Waals surface area contributed by atoms with Crippen molar-refractivity contribution in [2.75, 3.05) is 0 Å². The Bertz CT molecular complexity index is 357. The molecule has 1 nitrogen and oxygen atoms in total. The van der Waals surface area contributed by atoms with Crippen LogP contribution in [0, 0.1) is 5.82 Å². The van der Waals surface area contributed by atoms with Gasteiger partial charge in [-0.25, -0.2) is 4.39 Å². The van der Waals surface area contributed by atoms with Crippen molar-refractivity contribution in [3.05, 3.63) is 35.1 Å². The highest BCUT2D eigenvalue weighted by Crippen LogP contribution is 2.36. The lowest BCUT2D eigenvalue weighted by Crippen LogP contribution is -1.94. The smallest absolute Gasteiger partial charge is 0.163 e. The van der Waals surface area contributed by atoms with Crippen LogP contribution < -0.4 is 0 Å². The molecule has 13 heavy (non-hydrogen) atoms. The first kappa shape index (κ1) is 8.42. The van der Waals surface area contributed by atoms with Crippen molar-refractivity contribution in [1.82, 2.24) is 0 Å². The Morgan fingerprint density at radius 1 is 1.54 bits per heavy atom. The van der Waals surface area contributed by atoms with Crippen LogP contribution in [-0.4, -0.2) is 5.78 Å². The summed E-state index contributed by atoms with van der Waals surface area (Å²) in [5.74, 6) is -0.0414. The third-order valence-electron chi connectivity index (χ3n) is 2.69. The van der Waals surface area contributed by atoms with E-state index < -0.39 is 0 Å². The highest BCUT2D eigenvalue weighted by Gasteiger charge is 2.30. The van der Waals surface area contributed by atoms with E-state index in [1.54, 1.807) is 12.1 Å². The van der Waals surface area contributed by atoms with Gasteiger partial charge in [0.2, 0.25) is 0 Å². The van der Waals surface area contributed by atoms with Crippen molar-refractivity contribution in [3.8, 4) is 0 Å². The van der Waals surface area contributed by atoms with Gasteiger partial charge >= 0.3 is 0 Å². The van der Waals surface area contributed by atoms with Crippen LogP contribution in [0.2, 0.25) is 0 Å². The van der Waals surface area contributed by atoms with Crippen LogP contribution in [0.15, 0.2) is 18.2 Å². The maximum absolute atomic E-state index is 13.3. The monoisotopic (exact) mass is 178 g/mol. The summed E-state index contributed by atoms with van der Waals surface area (Å²) in [6.45, 7) is 1.99. The minimum absolute atomic E-state index is 0.0846. The van der Waals surface area contributed by atoms with Crippen LogP contribution in [-0.2, 0) is 0 Å². The molecule has 1 atom stereocenters. The third kappa shape index (κ3) is 1.17. The molecule has 2 heteroatoms. The fraction of sp³-hybridized carbons (Fsp3) is 0.364. The zero-order valence-corrected chi connectivity index (χ0v) is 7.51. The van der Waals surface area contributed by atoms with Crippen molar-refractivity contribution >= 4 is 5.78 Å². The minimum Gasteiger partial charge on any atom is -0.294 e. The summed E-state index contributed by atoms with van der Waals surface area (Å²) in [5.41, 5.74) is 1.22. The zero-order chi connectivity index (χ0) is 9.42. The lowest BCUT2D eigenvalue weighted by atomic mass is 9.98. The molecular weight excluding hydrogens is 167 g/mol.